The van der Waals surface area contributed by atoms with Crippen molar-refractivity contribution in [3.8, 4) is 0 Å². The van der Waals surface area contributed by atoms with Crippen molar-refractivity contribution in [2.45, 2.75) is 213 Å². The Bertz CT molecular complexity index is 829. The third-order valence-corrected chi connectivity index (χ3v) is 10.4. The summed E-state index contributed by atoms with van der Waals surface area (Å²) in [5.74, 6) is 0.711. The number of aromatic nitrogens is 2. The summed E-state index contributed by atoms with van der Waals surface area (Å²) in [5.41, 5.74) is 1.51. The van der Waals surface area contributed by atoms with E-state index in [1.54, 1.807) is 0 Å². The number of unbranched alkanes of at least 4 members (excludes halogenated alkanes) is 25. The molecule has 0 aliphatic heterocycles. The van der Waals surface area contributed by atoms with E-state index in [0.29, 0.717) is 12.0 Å². The highest BCUT2D eigenvalue weighted by atomic mass is 15.1. The first-order chi connectivity index (χ1) is 22.3. The van der Waals surface area contributed by atoms with Gasteiger partial charge in [-0.15, -0.1) is 0 Å². The number of H-pyrrole nitrogens is 1. The maximum Gasteiger partial charge on any atom is 0.241 e. The molecule has 1 aromatic heterocycles. The van der Waals surface area contributed by atoms with Gasteiger partial charge in [0.15, 0.2) is 0 Å². The van der Waals surface area contributed by atoms with E-state index >= 15 is 0 Å². The second-order valence-corrected chi connectivity index (χ2v) is 14.5. The van der Waals surface area contributed by atoms with Crippen LogP contribution in [-0.2, 0) is 6.42 Å². The molecular formula is C43H77N2+. The molecule has 2 atom stereocenters. The van der Waals surface area contributed by atoms with Crippen LogP contribution in [0.25, 0.3) is 0 Å². The molecule has 2 heteroatoms. The van der Waals surface area contributed by atoms with Crippen molar-refractivity contribution in [2.75, 3.05) is 0 Å². The number of imidazole rings is 1. The maximum absolute atomic E-state index is 3.36. The lowest BCUT2D eigenvalue weighted by Gasteiger charge is -2.25. The third-order valence-electron chi connectivity index (χ3n) is 10.4. The van der Waals surface area contributed by atoms with Crippen LogP contribution in [0, 0.1) is 5.92 Å². The molecular weight excluding hydrogens is 544 g/mol. The van der Waals surface area contributed by atoms with E-state index in [4.69, 9.17) is 0 Å². The summed E-state index contributed by atoms with van der Waals surface area (Å²) in [6.45, 7) is 4.62. The summed E-state index contributed by atoms with van der Waals surface area (Å²) in [5, 5.41) is 0. The molecule has 0 aliphatic rings. The van der Waals surface area contributed by atoms with Crippen LogP contribution in [0.15, 0.2) is 49.1 Å². The van der Waals surface area contributed by atoms with Crippen molar-refractivity contribution in [2.24, 2.45) is 5.92 Å². The summed E-state index contributed by atoms with van der Waals surface area (Å²) in [7, 11) is 0. The molecule has 0 radical (unpaired) electrons. The minimum atomic E-state index is 0.603. The number of benzene rings is 1. The van der Waals surface area contributed by atoms with E-state index in [-0.39, 0.29) is 0 Å². The van der Waals surface area contributed by atoms with Gasteiger partial charge in [0.25, 0.3) is 0 Å². The van der Waals surface area contributed by atoms with Gasteiger partial charge in [-0.05, 0) is 31.2 Å². The predicted molar refractivity (Wildman–Crippen MR) is 199 cm³/mol. The zero-order valence-electron chi connectivity index (χ0n) is 30.4. The van der Waals surface area contributed by atoms with Gasteiger partial charge in [0, 0.05) is 5.92 Å². The minimum absolute atomic E-state index is 0.603. The predicted octanol–water partition coefficient (Wildman–Crippen LogP) is 14.1. The van der Waals surface area contributed by atoms with Gasteiger partial charge in [0.05, 0.1) is 0 Å². The molecule has 0 saturated heterocycles. The summed E-state index contributed by atoms with van der Waals surface area (Å²) in [6.07, 6.45) is 49.2. The lowest BCUT2D eigenvalue weighted by molar-refractivity contribution is -0.730. The monoisotopic (exact) mass is 622 g/mol. The molecule has 2 unspecified atom stereocenters. The first-order valence-corrected chi connectivity index (χ1v) is 20.4. The lowest BCUT2D eigenvalue weighted by atomic mass is 9.84. The molecule has 258 valence electrons. The number of nitrogens with one attached hydrogen (secondary N) is 1. The first kappa shape index (κ1) is 39.6. The van der Waals surface area contributed by atoms with Crippen LogP contribution >= 0.6 is 0 Å². The molecule has 0 aliphatic carbocycles. The van der Waals surface area contributed by atoms with Crippen LogP contribution in [0.5, 0.6) is 0 Å². The van der Waals surface area contributed by atoms with Crippen molar-refractivity contribution >= 4 is 0 Å². The summed E-state index contributed by atoms with van der Waals surface area (Å²) < 4.78 is 2.51. The van der Waals surface area contributed by atoms with Crippen molar-refractivity contribution < 1.29 is 4.57 Å². The summed E-state index contributed by atoms with van der Waals surface area (Å²) in [6, 6.07) is 11.9. The SMILES string of the molecule is CCCCCCCCCCCCCCCCCC(Cc1ccccc1)C(CCCCCCCCCCCCCC)[n+]1cc[nH]c1. The molecule has 2 rings (SSSR count). The number of rotatable bonds is 33. The topological polar surface area (TPSA) is 19.7 Å². The van der Waals surface area contributed by atoms with E-state index in [1.807, 2.05) is 0 Å². The third kappa shape index (κ3) is 21.8. The molecule has 2 aromatic rings. The molecule has 1 heterocycles. The average Bonchev–Trinajstić information content (AvgIpc) is 3.60. The molecule has 0 fully saturated rings. The number of nitrogens with zero attached hydrogens (tertiary/aromatic N) is 1. The Morgan fingerprint density at radius 1 is 0.489 bits per heavy atom. The molecule has 1 N–H and O–H groups in total. The van der Waals surface area contributed by atoms with Gasteiger partial charge in [0.2, 0.25) is 6.33 Å². The summed E-state index contributed by atoms with van der Waals surface area (Å²) >= 11 is 0. The zero-order valence-corrected chi connectivity index (χ0v) is 30.4. The quantitative estimate of drug-likeness (QED) is 0.0604. The van der Waals surface area contributed by atoms with Gasteiger partial charge in [-0.2, -0.15) is 0 Å². The van der Waals surface area contributed by atoms with Gasteiger partial charge >= 0.3 is 0 Å². The molecule has 0 saturated carbocycles. The van der Waals surface area contributed by atoms with Crippen LogP contribution in [-0.4, -0.2) is 4.98 Å². The lowest BCUT2D eigenvalue weighted by Crippen LogP contribution is -2.42. The number of hydrogen-bond acceptors (Lipinski definition) is 0. The van der Waals surface area contributed by atoms with Crippen molar-refractivity contribution in [1.82, 2.24) is 4.98 Å². The Kier molecular flexibility index (Phi) is 26.2. The molecule has 0 bridgehead atoms. The molecule has 1 aromatic carbocycles. The Morgan fingerprint density at radius 3 is 1.29 bits per heavy atom. The van der Waals surface area contributed by atoms with Crippen LogP contribution in [0.3, 0.4) is 0 Å². The van der Waals surface area contributed by atoms with Crippen molar-refractivity contribution in [1.29, 1.82) is 0 Å². The van der Waals surface area contributed by atoms with Crippen molar-refractivity contribution in [3.63, 3.8) is 0 Å². The largest absolute Gasteiger partial charge is 0.250 e. The fraction of sp³-hybridized carbons (Fsp3) is 0.791. The van der Waals surface area contributed by atoms with Crippen molar-refractivity contribution in [3.05, 3.63) is 54.6 Å². The molecule has 2 nitrogen and oxygen atoms in total. The highest BCUT2D eigenvalue weighted by Gasteiger charge is 2.26. The highest BCUT2D eigenvalue weighted by Crippen LogP contribution is 2.29. The van der Waals surface area contributed by atoms with E-state index in [0.717, 1.165) is 0 Å². The van der Waals surface area contributed by atoms with Gasteiger partial charge < -0.3 is 0 Å². The second-order valence-electron chi connectivity index (χ2n) is 14.5. The van der Waals surface area contributed by atoms with Crippen LogP contribution < -0.4 is 4.57 Å². The van der Waals surface area contributed by atoms with Crippen LogP contribution in [0.4, 0.5) is 0 Å². The van der Waals surface area contributed by atoms with Gasteiger partial charge in [-0.1, -0.05) is 211 Å². The Morgan fingerprint density at radius 2 is 0.889 bits per heavy atom. The Labute approximate surface area is 282 Å². The van der Waals surface area contributed by atoms with Gasteiger partial charge in [0.1, 0.15) is 18.4 Å². The molecule has 0 spiro atoms. The maximum atomic E-state index is 3.36. The number of aromatic amines is 1. The molecule has 0 amide bonds. The van der Waals surface area contributed by atoms with Gasteiger partial charge in [-0.3, -0.25) is 4.98 Å². The van der Waals surface area contributed by atoms with Gasteiger partial charge in [-0.25, -0.2) is 4.57 Å². The van der Waals surface area contributed by atoms with E-state index in [1.165, 1.54) is 198 Å². The minimum Gasteiger partial charge on any atom is -0.250 e. The Balaban J connectivity index is 1.66. The normalized spacial score (nSPS) is 12.9. The van der Waals surface area contributed by atoms with E-state index in [9.17, 15) is 0 Å². The second kappa shape index (κ2) is 29.8. The van der Waals surface area contributed by atoms with Crippen LogP contribution in [0.1, 0.15) is 212 Å². The average molecular weight is 622 g/mol. The number of hydrogen-bond donors (Lipinski definition) is 1. The molecule has 45 heavy (non-hydrogen) atoms. The summed E-state index contributed by atoms with van der Waals surface area (Å²) in [4.78, 5) is 3.36. The smallest absolute Gasteiger partial charge is 0.241 e. The first-order valence-electron chi connectivity index (χ1n) is 20.4. The van der Waals surface area contributed by atoms with E-state index in [2.05, 4.69) is 72.5 Å². The van der Waals surface area contributed by atoms with E-state index < -0.39 is 0 Å². The fourth-order valence-electron chi connectivity index (χ4n) is 7.46. The van der Waals surface area contributed by atoms with Crippen LogP contribution in [0.2, 0.25) is 0 Å². The fourth-order valence-corrected chi connectivity index (χ4v) is 7.46. The Hall–Kier alpha value is -1.57. The standard InChI is InChI=1S/C43H76N2/c1-3-5-7-9-11-13-15-17-18-19-20-22-24-26-31-35-42(39-41-33-29-28-30-34-41)43(45-38-37-44-40-45)36-32-27-25-23-21-16-14-12-10-8-6-4-2/h28-30,33-34,37-38,40,42-43H,3-27,31-32,35-36,39H2,1-2H3/p+1. The highest BCUT2D eigenvalue weighted by molar-refractivity contribution is 5.15. The zero-order chi connectivity index (χ0) is 31.9.